The van der Waals surface area contributed by atoms with E-state index in [2.05, 4.69) is 20.9 Å². The first-order valence-corrected chi connectivity index (χ1v) is 12.5. The number of hydrogen-bond donors (Lipinski definition) is 2. The molecular formula is C20H19BrClFN4O6S. The van der Waals surface area contributed by atoms with Crippen LogP contribution in [-0.4, -0.2) is 45.5 Å². The number of halogens is 3. The average Bonchev–Trinajstić information content (AvgIpc) is 2.77. The van der Waals surface area contributed by atoms with Gasteiger partial charge in [0.2, 0.25) is 0 Å². The second-order valence-electron chi connectivity index (χ2n) is 7.14. The lowest BCUT2D eigenvalue weighted by molar-refractivity contribution is 0.172. The predicted octanol–water partition coefficient (Wildman–Crippen LogP) is 3.40. The van der Waals surface area contributed by atoms with Gasteiger partial charge in [-0.25, -0.2) is 23.7 Å². The van der Waals surface area contributed by atoms with E-state index in [1.807, 2.05) is 9.44 Å². The highest BCUT2D eigenvalue weighted by Crippen LogP contribution is 2.34. The molecule has 3 rings (SSSR count). The predicted molar refractivity (Wildman–Crippen MR) is 128 cm³/mol. The van der Waals surface area contributed by atoms with Gasteiger partial charge in [-0.3, -0.25) is 4.72 Å². The maximum atomic E-state index is 15.0. The third-order valence-corrected chi connectivity index (χ3v) is 6.56. The number of nitrogens with zero attached hydrogens (tertiary/aromatic N) is 2. The molecule has 0 bridgehead atoms. The van der Waals surface area contributed by atoms with Crippen LogP contribution in [0.15, 0.2) is 33.6 Å². The van der Waals surface area contributed by atoms with Crippen molar-refractivity contribution in [2.45, 2.75) is 11.8 Å². The Kier molecular flexibility index (Phi) is 7.81. The number of anilines is 1. The first-order chi connectivity index (χ1) is 16.0. The summed E-state index contributed by atoms with van der Waals surface area (Å²) in [5.41, 5.74) is -0.00644. The largest absolute Gasteiger partial charge is 0.422 e. The first-order valence-electron chi connectivity index (χ1n) is 9.55. The Morgan fingerprint density at radius 3 is 2.65 bits per heavy atom. The Morgan fingerprint density at radius 2 is 2.03 bits per heavy atom. The van der Waals surface area contributed by atoms with Crippen molar-refractivity contribution in [1.82, 2.24) is 14.6 Å². The molecule has 0 unspecified atom stereocenters. The topological polar surface area (TPSA) is 131 Å². The minimum Gasteiger partial charge on any atom is -0.422 e. The third-order valence-electron chi connectivity index (χ3n) is 4.70. The molecule has 0 aliphatic rings. The number of ether oxygens (including phenoxy) is 1. The van der Waals surface area contributed by atoms with Crippen molar-refractivity contribution in [2.75, 3.05) is 25.9 Å². The van der Waals surface area contributed by atoms with Gasteiger partial charge in [0.05, 0.1) is 5.02 Å². The van der Waals surface area contributed by atoms with Gasteiger partial charge in [0, 0.05) is 56.1 Å². The van der Waals surface area contributed by atoms with Crippen LogP contribution >= 0.6 is 27.5 Å². The summed E-state index contributed by atoms with van der Waals surface area (Å²) in [6, 6.07) is 4.13. The highest BCUT2D eigenvalue weighted by atomic mass is 79.9. The molecule has 34 heavy (non-hydrogen) atoms. The molecule has 2 aromatic heterocycles. The number of rotatable bonds is 7. The molecule has 2 N–H and O–H groups in total. The number of carbonyl (C=O) groups excluding carboxylic acids is 1. The van der Waals surface area contributed by atoms with Crippen molar-refractivity contribution in [3.8, 4) is 5.75 Å². The summed E-state index contributed by atoms with van der Waals surface area (Å²) in [6.07, 6.45) is 0.334. The zero-order chi connectivity index (χ0) is 25.2. The summed E-state index contributed by atoms with van der Waals surface area (Å²) in [4.78, 5) is 29.6. The summed E-state index contributed by atoms with van der Waals surface area (Å²) in [6.45, 7) is 0. The fourth-order valence-corrected chi connectivity index (χ4v) is 4.30. The van der Waals surface area contributed by atoms with Gasteiger partial charge < -0.3 is 14.1 Å². The zero-order valence-electron chi connectivity index (χ0n) is 18.1. The van der Waals surface area contributed by atoms with Crippen LogP contribution in [-0.2, 0) is 22.0 Å². The van der Waals surface area contributed by atoms with Crippen molar-refractivity contribution in [1.29, 1.82) is 0 Å². The maximum absolute atomic E-state index is 15.0. The second kappa shape index (κ2) is 10.3. The lowest BCUT2D eigenvalue weighted by Gasteiger charge is -2.14. The minimum absolute atomic E-state index is 0.00549. The molecule has 1 amide bonds. The van der Waals surface area contributed by atoms with E-state index >= 15 is 0 Å². The van der Waals surface area contributed by atoms with Gasteiger partial charge in [0.25, 0.3) is 10.2 Å². The number of benzene rings is 1. The van der Waals surface area contributed by atoms with E-state index < -0.39 is 33.6 Å². The summed E-state index contributed by atoms with van der Waals surface area (Å²) in [5.74, 6) is -1.45. The molecule has 14 heteroatoms. The fraction of sp³-hybridized carbons (Fsp3) is 0.250. The number of nitrogens with one attached hydrogen (secondary N) is 2. The maximum Gasteiger partial charge on any atom is 0.414 e. The van der Waals surface area contributed by atoms with Crippen LogP contribution in [0.3, 0.4) is 0 Å². The molecule has 0 atom stereocenters. The molecule has 1 aromatic carbocycles. The van der Waals surface area contributed by atoms with Crippen molar-refractivity contribution < 1.29 is 26.8 Å². The standard InChI is InChI=1S/C20H19BrClFN4O6S/c1-24-34(30,31)26-18-17(23)10(4-5-25-18)6-12-13(9-21)11-7-14(22)16(33-20(29)27(2)3)8-15(11)32-19(12)28/h4-5,7-8,24H,6,9H2,1-3H3,(H,25,26). The van der Waals surface area contributed by atoms with Gasteiger partial charge >= 0.3 is 11.7 Å². The molecule has 0 saturated heterocycles. The Morgan fingerprint density at radius 1 is 1.32 bits per heavy atom. The van der Waals surface area contributed by atoms with Gasteiger partial charge in [-0.15, -0.1) is 0 Å². The van der Waals surface area contributed by atoms with Gasteiger partial charge in [0.1, 0.15) is 5.58 Å². The highest BCUT2D eigenvalue weighted by Gasteiger charge is 2.21. The number of aromatic nitrogens is 1. The Bertz CT molecular complexity index is 1430. The molecular weight excluding hydrogens is 559 g/mol. The van der Waals surface area contributed by atoms with Gasteiger partial charge in [0.15, 0.2) is 17.4 Å². The fourth-order valence-electron chi connectivity index (χ4n) is 2.96. The molecule has 182 valence electrons. The van der Waals surface area contributed by atoms with Crippen molar-refractivity contribution in [2.24, 2.45) is 0 Å². The monoisotopic (exact) mass is 576 g/mol. The Balaban J connectivity index is 2.08. The highest BCUT2D eigenvalue weighted by molar-refractivity contribution is 9.08. The van der Waals surface area contributed by atoms with Crippen LogP contribution in [0.25, 0.3) is 11.0 Å². The quantitative estimate of drug-likeness (QED) is 0.325. The van der Waals surface area contributed by atoms with Crippen LogP contribution in [0, 0.1) is 5.82 Å². The molecule has 0 fully saturated rings. The number of hydrogen-bond acceptors (Lipinski definition) is 7. The Labute approximate surface area is 207 Å². The van der Waals surface area contributed by atoms with E-state index in [-0.39, 0.29) is 39.2 Å². The molecule has 0 aliphatic heterocycles. The number of carbonyl (C=O) groups is 1. The van der Waals surface area contributed by atoms with Crippen LogP contribution in [0.2, 0.25) is 5.02 Å². The van der Waals surface area contributed by atoms with Crippen LogP contribution < -0.4 is 19.8 Å². The van der Waals surface area contributed by atoms with Gasteiger partial charge in [-0.2, -0.15) is 8.42 Å². The summed E-state index contributed by atoms with van der Waals surface area (Å²) < 4.78 is 53.0. The van der Waals surface area contributed by atoms with E-state index in [9.17, 15) is 22.4 Å². The van der Waals surface area contributed by atoms with Crippen LogP contribution in [0.1, 0.15) is 16.7 Å². The molecule has 0 saturated carbocycles. The lowest BCUT2D eigenvalue weighted by atomic mass is 9.99. The third kappa shape index (κ3) is 5.49. The number of pyridine rings is 1. The van der Waals surface area contributed by atoms with E-state index in [0.717, 1.165) is 7.05 Å². The first kappa shape index (κ1) is 25.9. The summed E-state index contributed by atoms with van der Waals surface area (Å²) in [7, 11) is 0.156. The normalized spacial score (nSPS) is 11.5. The zero-order valence-corrected chi connectivity index (χ0v) is 21.3. The Hall–Kier alpha value is -2.74. The van der Waals surface area contributed by atoms with Crippen LogP contribution in [0.5, 0.6) is 5.75 Å². The minimum atomic E-state index is -4.00. The van der Waals surface area contributed by atoms with Crippen LogP contribution in [0.4, 0.5) is 15.0 Å². The smallest absolute Gasteiger partial charge is 0.414 e. The summed E-state index contributed by atoms with van der Waals surface area (Å²) >= 11 is 9.62. The number of amides is 1. The molecule has 0 aliphatic carbocycles. The van der Waals surface area contributed by atoms with Crippen molar-refractivity contribution in [3.63, 3.8) is 0 Å². The average molecular weight is 578 g/mol. The number of alkyl halides is 1. The van der Waals surface area contributed by atoms with E-state index in [1.54, 1.807) is 0 Å². The van der Waals surface area contributed by atoms with Crippen molar-refractivity contribution in [3.05, 3.63) is 62.3 Å². The lowest BCUT2D eigenvalue weighted by Crippen LogP contribution is -2.27. The second-order valence-corrected chi connectivity index (χ2v) is 9.73. The molecule has 0 spiro atoms. The number of fused-ring (bicyclic) bond motifs is 1. The van der Waals surface area contributed by atoms with Gasteiger partial charge in [-0.05, 0) is 23.3 Å². The SMILES string of the molecule is CNS(=O)(=O)Nc1nccc(Cc2c(CBr)c3cc(Cl)c(OC(=O)N(C)C)cc3oc2=O)c1F. The molecule has 10 nitrogen and oxygen atoms in total. The van der Waals surface area contributed by atoms with E-state index in [4.69, 9.17) is 20.8 Å². The molecule has 0 radical (unpaired) electrons. The molecule has 3 aromatic rings. The van der Waals surface area contributed by atoms with Gasteiger partial charge in [-0.1, -0.05) is 27.5 Å². The van der Waals surface area contributed by atoms with Crippen molar-refractivity contribution >= 4 is 60.6 Å². The molecule has 2 heterocycles. The summed E-state index contributed by atoms with van der Waals surface area (Å²) in [5, 5.41) is 0.749. The van der Waals surface area contributed by atoms with E-state index in [1.165, 1.54) is 43.4 Å². The van der Waals surface area contributed by atoms with E-state index in [0.29, 0.717) is 10.9 Å².